The number of hydrogen-bond donors (Lipinski definition) is 0. The summed E-state index contributed by atoms with van der Waals surface area (Å²) in [5.74, 6) is -4.36. The molecule has 0 saturated heterocycles. The van der Waals surface area contributed by atoms with E-state index in [0.29, 0.717) is 17.7 Å². The highest BCUT2D eigenvalue weighted by Gasteiger charge is 2.38. The molecule has 0 unspecified atom stereocenters. The molecular weight excluding hydrogens is 366 g/mol. The molecule has 0 aliphatic heterocycles. The van der Waals surface area contributed by atoms with Crippen molar-refractivity contribution >= 4 is 0 Å². The van der Waals surface area contributed by atoms with Gasteiger partial charge in [-0.25, -0.2) is 13.2 Å². The van der Waals surface area contributed by atoms with Gasteiger partial charge in [-0.2, -0.15) is 13.2 Å². The highest BCUT2D eigenvalue weighted by atomic mass is 19.4. The average molecular weight is 382 g/mol. The molecule has 0 atom stereocenters. The fraction of sp³-hybridized carbons (Fsp3) is 0.143. The van der Waals surface area contributed by atoms with Crippen LogP contribution >= 0.6 is 0 Å². The number of halogens is 6. The number of benzene rings is 3. The third-order valence-electron chi connectivity index (χ3n) is 3.99. The summed E-state index contributed by atoms with van der Waals surface area (Å²) in [5, 5.41) is 0. The van der Waals surface area contributed by atoms with E-state index >= 15 is 0 Å². The van der Waals surface area contributed by atoms with E-state index in [1.807, 2.05) is 19.1 Å². The summed E-state index contributed by atoms with van der Waals surface area (Å²) in [4.78, 5) is 0. The summed E-state index contributed by atoms with van der Waals surface area (Å²) < 4.78 is 79.8. The summed E-state index contributed by atoms with van der Waals surface area (Å²) in [6, 6.07) is 12.2. The molecule has 0 heterocycles. The van der Waals surface area contributed by atoms with Crippen LogP contribution in [-0.2, 0) is 6.18 Å². The molecule has 0 radical (unpaired) electrons. The molecule has 0 aliphatic carbocycles. The van der Waals surface area contributed by atoms with Crippen molar-refractivity contribution in [3.05, 3.63) is 83.2 Å². The number of alkyl halides is 3. The zero-order valence-electron chi connectivity index (χ0n) is 13.5. The van der Waals surface area contributed by atoms with Crippen LogP contribution in [0.25, 0.3) is 22.3 Å². The second-order valence-corrected chi connectivity index (χ2v) is 5.87. The topological polar surface area (TPSA) is 0 Å². The lowest BCUT2D eigenvalue weighted by molar-refractivity contribution is -0.142. The number of aryl methyl sites for hydroxylation is 1. The minimum absolute atomic E-state index is 0. The third-order valence-corrected chi connectivity index (χ3v) is 3.99. The van der Waals surface area contributed by atoms with Gasteiger partial charge in [0.1, 0.15) is 23.0 Å². The van der Waals surface area contributed by atoms with Crippen LogP contribution in [0.3, 0.4) is 0 Å². The van der Waals surface area contributed by atoms with E-state index in [1.54, 1.807) is 12.1 Å². The minimum Gasteiger partial charge on any atom is -0.206 e. The van der Waals surface area contributed by atoms with Crippen LogP contribution in [0.1, 0.15) is 18.6 Å². The molecule has 142 valence electrons. The summed E-state index contributed by atoms with van der Waals surface area (Å²) in [5.41, 5.74) is -0.169. The average Bonchev–Trinajstić information content (AvgIpc) is 2.53. The maximum Gasteiger partial charge on any atom is 0.422 e. The van der Waals surface area contributed by atoms with Gasteiger partial charge in [-0.3, -0.25) is 0 Å². The molecule has 0 saturated carbocycles. The van der Waals surface area contributed by atoms with E-state index in [9.17, 15) is 26.3 Å². The molecule has 0 spiro atoms. The van der Waals surface area contributed by atoms with Crippen LogP contribution in [0.15, 0.2) is 54.6 Å². The second kappa shape index (κ2) is 7.47. The zero-order chi connectivity index (χ0) is 19.1. The van der Waals surface area contributed by atoms with Gasteiger partial charge in [-0.1, -0.05) is 49.4 Å². The molecule has 3 aromatic rings. The molecule has 27 heavy (non-hydrogen) atoms. The first-order valence-corrected chi connectivity index (χ1v) is 7.60. The summed E-state index contributed by atoms with van der Waals surface area (Å²) in [7, 11) is 0. The van der Waals surface area contributed by atoms with Crippen LogP contribution in [0.2, 0.25) is 0 Å². The molecule has 0 fully saturated rings. The highest BCUT2D eigenvalue weighted by Crippen LogP contribution is 2.37. The SMILES string of the molecule is C.Cc1ccc(-c2ccc(-c3cc(F)c(C(F)(F)F)c(F)c3)c(F)c2)cc1. The van der Waals surface area contributed by atoms with Crippen molar-refractivity contribution in [3.63, 3.8) is 0 Å². The first kappa shape index (κ1) is 20.6. The van der Waals surface area contributed by atoms with Crippen molar-refractivity contribution in [2.75, 3.05) is 0 Å². The van der Waals surface area contributed by atoms with Crippen LogP contribution in [0.5, 0.6) is 0 Å². The predicted molar refractivity (Wildman–Crippen MR) is 93.7 cm³/mol. The molecule has 0 N–H and O–H groups in total. The Morgan fingerprint density at radius 2 is 1.11 bits per heavy atom. The van der Waals surface area contributed by atoms with E-state index in [0.717, 1.165) is 11.1 Å². The minimum atomic E-state index is -5.17. The van der Waals surface area contributed by atoms with E-state index in [1.165, 1.54) is 18.2 Å². The molecule has 0 bridgehead atoms. The Hall–Kier alpha value is -2.76. The molecule has 0 amide bonds. The lowest BCUT2D eigenvalue weighted by Gasteiger charge is -2.12. The summed E-state index contributed by atoms with van der Waals surface area (Å²) in [6.45, 7) is 1.90. The first-order chi connectivity index (χ1) is 12.2. The monoisotopic (exact) mass is 382 g/mol. The van der Waals surface area contributed by atoms with Crippen LogP contribution in [0.4, 0.5) is 26.3 Å². The van der Waals surface area contributed by atoms with Gasteiger partial charge < -0.3 is 0 Å². The fourth-order valence-electron chi connectivity index (χ4n) is 2.67. The molecule has 0 aliphatic rings. The Bertz CT molecular complexity index is 932. The summed E-state index contributed by atoms with van der Waals surface area (Å²) >= 11 is 0. The summed E-state index contributed by atoms with van der Waals surface area (Å²) in [6.07, 6.45) is -5.17. The normalized spacial score (nSPS) is 11.2. The predicted octanol–water partition coefficient (Wildman–Crippen LogP) is 7.40. The van der Waals surface area contributed by atoms with E-state index < -0.39 is 29.2 Å². The molecular formula is C21H16F6. The van der Waals surface area contributed by atoms with Crippen molar-refractivity contribution in [2.24, 2.45) is 0 Å². The molecule has 0 nitrogen and oxygen atoms in total. The number of hydrogen-bond acceptors (Lipinski definition) is 0. The Morgan fingerprint density at radius 3 is 1.59 bits per heavy atom. The van der Waals surface area contributed by atoms with Crippen LogP contribution < -0.4 is 0 Å². The van der Waals surface area contributed by atoms with Gasteiger partial charge in [0.2, 0.25) is 0 Å². The van der Waals surface area contributed by atoms with Gasteiger partial charge >= 0.3 is 6.18 Å². The lowest BCUT2D eigenvalue weighted by Crippen LogP contribution is -2.11. The van der Waals surface area contributed by atoms with Crippen molar-refractivity contribution < 1.29 is 26.3 Å². The Balaban J connectivity index is 0.00000261. The van der Waals surface area contributed by atoms with Gasteiger partial charge in [-0.05, 0) is 41.8 Å². The van der Waals surface area contributed by atoms with Gasteiger partial charge in [0.15, 0.2) is 0 Å². The lowest BCUT2D eigenvalue weighted by atomic mass is 9.98. The maximum atomic E-state index is 14.4. The Morgan fingerprint density at radius 1 is 0.630 bits per heavy atom. The molecule has 6 heteroatoms. The van der Waals surface area contributed by atoms with E-state index in [-0.39, 0.29) is 18.6 Å². The van der Waals surface area contributed by atoms with Gasteiger partial charge in [0.25, 0.3) is 0 Å². The van der Waals surface area contributed by atoms with Crippen molar-refractivity contribution in [2.45, 2.75) is 20.5 Å². The third kappa shape index (κ3) is 4.15. The highest BCUT2D eigenvalue weighted by molar-refractivity contribution is 5.71. The van der Waals surface area contributed by atoms with Crippen LogP contribution in [0, 0.1) is 24.4 Å². The molecule has 3 aromatic carbocycles. The largest absolute Gasteiger partial charge is 0.422 e. The van der Waals surface area contributed by atoms with Gasteiger partial charge in [0.05, 0.1) is 0 Å². The van der Waals surface area contributed by atoms with Crippen LogP contribution in [-0.4, -0.2) is 0 Å². The fourth-order valence-corrected chi connectivity index (χ4v) is 2.67. The van der Waals surface area contributed by atoms with Crippen molar-refractivity contribution in [1.82, 2.24) is 0 Å². The maximum absolute atomic E-state index is 14.4. The molecule has 3 rings (SSSR count). The zero-order valence-corrected chi connectivity index (χ0v) is 13.5. The van der Waals surface area contributed by atoms with E-state index in [4.69, 9.17) is 0 Å². The molecule has 0 aromatic heterocycles. The Labute approximate surface area is 153 Å². The Kier molecular flexibility index (Phi) is 5.68. The first-order valence-electron chi connectivity index (χ1n) is 7.60. The quantitative estimate of drug-likeness (QED) is 0.405. The van der Waals surface area contributed by atoms with E-state index in [2.05, 4.69) is 0 Å². The smallest absolute Gasteiger partial charge is 0.206 e. The van der Waals surface area contributed by atoms with Gasteiger partial charge in [-0.15, -0.1) is 0 Å². The standard InChI is InChI=1S/C20H12F6.CH4/c1-11-2-4-12(5-3-11)13-6-7-15(16(21)8-13)14-9-17(22)19(18(23)10-14)20(24,25)26;/h2-10H,1H3;1H4. The van der Waals surface area contributed by atoms with Crippen molar-refractivity contribution in [1.29, 1.82) is 0 Å². The second-order valence-electron chi connectivity index (χ2n) is 5.87. The number of rotatable bonds is 2. The van der Waals surface area contributed by atoms with Crippen molar-refractivity contribution in [3.8, 4) is 22.3 Å². The van der Waals surface area contributed by atoms with Gasteiger partial charge in [0, 0.05) is 5.56 Å².